The number of pyridine rings is 1. The molecule has 110 valence electrons. The number of rotatable bonds is 2. The van der Waals surface area contributed by atoms with Crippen LogP contribution in [0.3, 0.4) is 0 Å². The Morgan fingerprint density at radius 2 is 1.95 bits per heavy atom. The standard InChI is InChI=1S/C12H22N5.2ClH/c1-17(2,3)10-4-5-16(8-10)12-11(14)6-9(13)7-15-12;;/h6-7,10H,4-5,8,13-14H2,1-3H3;2*1H/q+1;;/p-1. The third-order valence-electron chi connectivity index (χ3n) is 3.47. The van der Waals surface area contributed by atoms with E-state index in [1.165, 1.54) is 6.42 Å². The maximum Gasteiger partial charge on any atom is 0.152 e. The Kier molecular flexibility index (Phi) is 6.19. The molecule has 19 heavy (non-hydrogen) atoms. The molecule has 2 heterocycles. The molecule has 0 radical (unpaired) electrons. The van der Waals surface area contributed by atoms with Crippen molar-refractivity contribution < 1.29 is 16.9 Å². The van der Waals surface area contributed by atoms with Crippen LogP contribution in [0.25, 0.3) is 0 Å². The van der Waals surface area contributed by atoms with E-state index in [0.717, 1.165) is 23.4 Å². The fourth-order valence-electron chi connectivity index (χ4n) is 2.32. The lowest BCUT2D eigenvalue weighted by atomic mass is 10.2. The minimum atomic E-state index is 0. The lowest BCUT2D eigenvalue weighted by molar-refractivity contribution is -0.893. The molecule has 4 N–H and O–H groups in total. The highest BCUT2D eigenvalue weighted by Gasteiger charge is 2.33. The number of nitrogens with two attached hydrogens (primary N) is 2. The summed E-state index contributed by atoms with van der Waals surface area (Å²) in [5.74, 6) is 0.871. The van der Waals surface area contributed by atoms with Crippen LogP contribution in [0.15, 0.2) is 12.3 Å². The van der Waals surface area contributed by atoms with Gasteiger partial charge in [0.25, 0.3) is 0 Å². The summed E-state index contributed by atoms with van der Waals surface area (Å²) < 4.78 is 0.978. The number of nitrogens with zero attached hydrogens (tertiary/aromatic N) is 3. The number of aromatic nitrogens is 1. The van der Waals surface area contributed by atoms with Gasteiger partial charge in [-0.25, -0.2) is 4.98 Å². The Balaban J connectivity index is 0.00000162. The second-order valence-electron chi connectivity index (χ2n) is 5.69. The number of nitrogen functional groups attached to an aromatic ring is 2. The summed E-state index contributed by atoms with van der Waals surface area (Å²) in [6.07, 6.45) is 2.85. The van der Waals surface area contributed by atoms with Crippen molar-refractivity contribution in [2.24, 2.45) is 0 Å². The van der Waals surface area contributed by atoms with E-state index in [9.17, 15) is 0 Å². The Morgan fingerprint density at radius 1 is 1.32 bits per heavy atom. The predicted molar refractivity (Wildman–Crippen MR) is 79.0 cm³/mol. The van der Waals surface area contributed by atoms with Gasteiger partial charge in [-0.15, -0.1) is 12.4 Å². The molecule has 1 fully saturated rings. The van der Waals surface area contributed by atoms with Gasteiger partial charge >= 0.3 is 0 Å². The summed E-state index contributed by atoms with van der Waals surface area (Å²) in [6.45, 7) is 2.02. The molecule has 7 heteroatoms. The summed E-state index contributed by atoms with van der Waals surface area (Å²) in [4.78, 5) is 6.60. The topological polar surface area (TPSA) is 68.2 Å². The van der Waals surface area contributed by atoms with Crippen molar-refractivity contribution in [1.29, 1.82) is 0 Å². The largest absolute Gasteiger partial charge is 1.00 e. The quantitative estimate of drug-likeness (QED) is 0.618. The first-order valence-corrected chi connectivity index (χ1v) is 5.95. The van der Waals surface area contributed by atoms with Gasteiger partial charge in [-0.3, -0.25) is 0 Å². The van der Waals surface area contributed by atoms with Crippen molar-refractivity contribution in [2.75, 3.05) is 50.6 Å². The van der Waals surface area contributed by atoms with Gasteiger partial charge in [0.05, 0.1) is 45.3 Å². The van der Waals surface area contributed by atoms with Crippen LogP contribution in [0.5, 0.6) is 0 Å². The van der Waals surface area contributed by atoms with Gasteiger partial charge in [0.15, 0.2) is 5.82 Å². The van der Waals surface area contributed by atoms with Crippen LogP contribution in [0.1, 0.15) is 6.42 Å². The monoisotopic (exact) mass is 307 g/mol. The van der Waals surface area contributed by atoms with Crippen LogP contribution in [-0.4, -0.2) is 49.7 Å². The highest BCUT2D eigenvalue weighted by atomic mass is 35.5. The maximum atomic E-state index is 5.97. The zero-order chi connectivity index (χ0) is 12.6. The molecule has 1 aliphatic rings. The van der Waals surface area contributed by atoms with Gasteiger partial charge in [0, 0.05) is 13.0 Å². The van der Waals surface area contributed by atoms with E-state index in [1.807, 2.05) is 0 Å². The highest BCUT2D eigenvalue weighted by Crippen LogP contribution is 2.27. The van der Waals surface area contributed by atoms with Crippen LogP contribution < -0.4 is 28.8 Å². The van der Waals surface area contributed by atoms with Crippen molar-refractivity contribution in [3.05, 3.63) is 12.3 Å². The Bertz CT molecular complexity index is 419. The molecular weight excluding hydrogens is 285 g/mol. The van der Waals surface area contributed by atoms with Crippen molar-refractivity contribution in [1.82, 2.24) is 4.98 Å². The zero-order valence-electron chi connectivity index (χ0n) is 11.6. The van der Waals surface area contributed by atoms with E-state index < -0.39 is 0 Å². The third kappa shape index (κ3) is 4.03. The fraction of sp³-hybridized carbons (Fsp3) is 0.583. The average Bonchev–Trinajstić information content (AvgIpc) is 2.65. The number of hydrogen-bond donors (Lipinski definition) is 2. The van der Waals surface area contributed by atoms with E-state index in [2.05, 4.69) is 31.0 Å². The van der Waals surface area contributed by atoms with Crippen molar-refractivity contribution >= 4 is 29.6 Å². The maximum absolute atomic E-state index is 5.97. The first-order valence-electron chi connectivity index (χ1n) is 5.95. The van der Waals surface area contributed by atoms with E-state index >= 15 is 0 Å². The van der Waals surface area contributed by atoms with Crippen molar-refractivity contribution in [3.63, 3.8) is 0 Å². The van der Waals surface area contributed by atoms with Crippen molar-refractivity contribution in [2.45, 2.75) is 12.5 Å². The van der Waals surface area contributed by atoms with Crippen LogP contribution in [0.2, 0.25) is 0 Å². The van der Waals surface area contributed by atoms with Gasteiger partial charge in [-0.1, -0.05) is 0 Å². The average molecular weight is 308 g/mol. The fourth-order valence-corrected chi connectivity index (χ4v) is 2.32. The first kappa shape index (κ1) is 18.1. The molecule has 0 aromatic carbocycles. The first-order chi connectivity index (χ1) is 7.88. The Labute approximate surface area is 127 Å². The minimum Gasteiger partial charge on any atom is -1.00 e. The molecule has 2 rings (SSSR count). The van der Waals surface area contributed by atoms with Crippen LogP contribution >= 0.6 is 12.4 Å². The van der Waals surface area contributed by atoms with E-state index in [1.54, 1.807) is 12.3 Å². The Hall–Kier alpha value is -0.910. The lowest BCUT2D eigenvalue weighted by Crippen LogP contribution is -3.00. The smallest absolute Gasteiger partial charge is 0.152 e. The lowest BCUT2D eigenvalue weighted by Gasteiger charge is -2.31. The normalized spacial score (nSPS) is 18.7. The van der Waals surface area contributed by atoms with Gasteiger partial charge < -0.3 is 33.3 Å². The summed E-state index contributed by atoms with van der Waals surface area (Å²) in [5, 5.41) is 0. The Morgan fingerprint density at radius 3 is 2.42 bits per heavy atom. The molecule has 0 amide bonds. The molecule has 1 unspecified atom stereocenters. The van der Waals surface area contributed by atoms with Crippen LogP contribution in [-0.2, 0) is 0 Å². The second kappa shape index (κ2) is 6.50. The molecule has 1 aromatic rings. The summed E-state index contributed by atoms with van der Waals surface area (Å²) >= 11 is 0. The molecule has 0 aliphatic carbocycles. The van der Waals surface area contributed by atoms with Gasteiger partial charge in [0.1, 0.15) is 6.04 Å². The third-order valence-corrected chi connectivity index (χ3v) is 3.47. The molecule has 0 spiro atoms. The van der Waals surface area contributed by atoms with Crippen molar-refractivity contribution in [3.8, 4) is 0 Å². The predicted octanol–water partition coefficient (Wildman–Crippen LogP) is -2.04. The minimum absolute atomic E-state index is 0. The number of hydrogen-bond acceptors (Lipinski definition) is 4. The molecular formula is C12H23Cl2N5. The molecule has 0 bridgehead atoms. The number of likely N-dealkylation sites (N-methyl/N-ethyl adjacent to an activating group) is 1. The molecule has 1 atom stereocenters. The van der Waals surface area contributed by atoms with Crippen LogP contribution in [0, 0.1) is 0 Å². The molecule has 1 aromatic heterocycles. The highest BCUT2D eigenvalue weighted by molar-refractivity contribution is 5.85. The summed E-state index contributed by atoms with van der Waals surface area (Å²) in [7, 11) is 6.69. The van der Waals surface area contributed by atoms with Gasteiger partial charge in [0.2, 0.25) is 0 Å². The molecule has 1 saturated heterocycles. The van der Waals surface area contributed by atoms with E-state index in [0.29, 0.717) is 17.4 Å². The molecule has 5 nitrogen and oxygen atoms in total. The summed E-state index contributed by atoms with van der Waals surface area (Å²) in [5.41, 5.74) is 12.9. The SMILES string of the molecule is C[N+](C)(C)C1CCN(c2ncc(N)cc2N)C1.Cl.[Cl-]. The zero-order valence-corrected chi connectivity index (χ0v) is 13.2. The molecule has 1 aliphatic heterocycles. The second-order valence-corrected chi connectivity index (χ2v) is 5.69. The number of halogens is 2. The van der Waals surface area contributed by atoms with Gasteiger partial charge in [-0.05, 0) is 6.07 Å². The van der Waals surface area contributed by atoms with E-state index in [4.69, 9.17) is 11.5 Å². The van der Waals surface area contributed by atoms with Crippen LogP contribution in [0.4, 0.5) is 17.2 Å². The van der Waals surface area contributed by atoms with E-state index in [-0.39, 0.29) is 24.8 Å². The number of anilines is 3. The molecule has 0 saturated carbocycles. The number of quaternary nitrogens is 1. The van der Waals surface area contributed by atoms with Gasteiger partial charge in [-0.2, -0.15) is 0 Å². The summed E-state index contributed by atoms with van der Waals surface area (Å²) in [6, 6.07) is 2.41.